The van der Waals surface area contributed by atoms with Gasteiger partial charge < -0.3 is 5.32 Å². The first kappa shape index (κ1) is 19.7. The largest absolute Gasteiger partial charge is 0.310 e. The lowest BCUT2D eigenvalue weighted by atomic mass is 10.0. The molecule has 2 atom stereocenters. The lowest BCUT2D eigenvalue weighted by molar-refractivity contribution is -0.492. The third-order valence-electron chi connectivity index (χ3n) is 3.65. The molecule has 0 saturated carbocycles. The molecule has 5 N–H and O–H groups in total. The zero-order valence-corrected chi connectivity index (χ0v) is 15.2. The maximum atomic E-state index is 12.7. The summed E-state index contributed by atoms with van der Waals surface area (Å²) in [6, 6.07) is 0.959. The van der Waals surface area contributed by atoms with Gasteiger partial charge in [0.1, 0.15) is 8.42 Å². The van der Waals surface area contributed by atoms with Crippen molar-refractivity contribution in [2.75, 3.05) is 13.2 Å². The molecule has 1 aromatic heterocycles. The quantitative estimate of drug-likeness (QED) is 0.461. The fraction of sp³-hybridized carbons (Fsp3) is 0.636. The Morgan fingerprint density at radius 1 is 1.50 bits per heavy atom. The lowest BCUT2D eigenvalue weighted by Crippen LogP contribution is -2.36. The Hall–Kier alpha value is -0.640. The second kappa shape index (κ2) is 7.31. The molecule has 0 bridgehead atoms. The Kier molecular flexibility index (Phi) is 5.99. The van der Waals surface area contributed by atoms with E-state index in [0.717, 1.165) is 0 Å². The molecule has 1 aliphatic heterocycles. The molecular formula is C11H19N3O7S3. The van der Waals surface area contributed by atoms with Gasteiger partial charge in [0.2, 0.25) is 10.0 Å². The summed E-state index contributed by atoms with van der Waals surface area (Å²) in [5.74, 6) is 0. The Bertz CT molecular complexity index is 788. The Labute approximate surface area is 143 Å². The number of nitrogens with zero attached hydrogens (tertiary/aromatic N) is 1. The first-order valence-electron chi connectivity index (χ1n) is 7.02. The van der Waals surface area contributed by atoms with Gasteiger partial charge in [0.05, 0.1) is 17.2 Å². The maximum Gasteiger partial charge on any atom is 0.247 e. The van der Waals surface area contributed by atoms with Gasteiger partial charge in [0, 0.05) is 11.6 Å². The Balaban J connectivity index is 2.39. The summed E-state index contributed by atoms with van der Waals surface area (Å²) in [5, 5.41) is 24.0. The van der Waals surface area contributed by atoms with E-state index in [1.54, 1.807) is 0 Å². The summed E-state index contributed by atoms with van der Waals surface area (Å²) in [6.07, 6.45) is 0.230. The van der Waals surface area contributed by atoms with Crippen molar-refractivity contribution in [2.24, 2.45) is 5.14 Å². The molecule has 1 aliphatic rings. The van der Waals surface area contributed by atoms with Crippen LogP contribution in [0.15, 0.2) is 14.5 Å². The summed E-state index contributed by atoms with van der Waals surface area (Å²) in [7, 11) is -7.78. The standard InChI is InChI=1S/C11H19N3O7S3/c1-2-13-9-5-7(3-4-21-14(15)16)23(17,18)11-8(9)6-10(22-11)24(12,19)20/h6-7,9,13,15-16H,2-5H2,1H3,(H2,12,19,20). The van der Waals surface area contributed by atoms with E-state index in [4.69, 9.17) is 15.6 Å². The Morgan fingerprint density at radius 3 is 2.71 bits per heavy atom. The fourth-order valence-electron chi connectivity index (χ4n) is 2.62. The zero-order valence-electron chi connectivity index (χ0n) is 12.7. The number of primary sulfonamides is 1. The number of nitrogens with two attached hydrogens (primary N) is 1. The summed E-state index contributed by atoms with van der Waals surface area (Å²) in [6.45, 7) is 2.19. The van der Waals surface area contributed by atoms with Crippen molar-refractivity contribution in [3.05, 3.63) is 11.6 Å². The molecule has 24 heavy (non-hydrogen) atoms. The number of fused-ring (bicyclic) bond motifs is 1. The van der Waals surface area contributed by atoms with Gasteiger partial charge in [0.25, 0.3) is 0 Å². The van der Waals surface area contributed by atoms with E-state index in [-0.39, 0.29) is 33.9 Å². The van der Waals surface area contributed by atoms with Crippen molar-refractivity contribution >= 4 is 31.2 Å². The van der Waals surface area contributed by atoms with E-state index >= 15 is 0 Å². The van der Waals surface area contributed by atoms with E-state index in [9.17, 15) is 16.8 Å². The van der Waals surface area contributed by atoms with E-state index in [1.165, 1.54) is 6.07 Å². The van der Waals surface area contributed by atoms with Crippen molar-refractivity contribution in [3.8, 4) is 0 Å². The van der Waals surface area contributed by atoms with Gasteiger partial charge >= 0.3 is 0 Å². The number of hydrogen-bond acceptors (Lipinski definition) is 10. The van der Waals surface area contributed by atoms with Crippen molar-refractivity contribution < 1.29 is 32.1 Å². The predicted octanol–water partition coefficient (Wildman–Crippen LogP) is -0.00580. The molecule has 0 aromatic carbocycles. The van der Waals surface area contributed by atoms with Gasteiger partial charge in [-0.3, -0.25) is 15.3 Å². The summed E-state index contributed by atoms with van der Waals surface area (Å²) < 4.78 is 48.3. The monoisotopic (exact) mass is 401 g/mol. The highest BCUT2D eigenvalue weighted by molar-refractivity contribution is 7.95. The van der Waals surface area contributed by atoms with Crippen LogP contribution >= 0.6 is 11.3 Å². The number of thiophene rings is 1. The predicted molar refractivity (Wildman–Crippen MR) is 83.7 cm³/mol. The molecule has 2 unspecified atom stereocenters. The van der Waals surface area contributed by atoms with E-state index < -0.39 is 30.5 Å². The van der Waals surface area contributed by atoms with Crippen molar-refractivity contribution in [1.29, 1.82) is 0 Å². The summed E-state index contributed by atoms with van der Waals surface area (Å²) in [4.78, 5) is 4.43. The second-order valence-corrected chi connectivity index (χ2v) is 10.5. The molecule has 1 aromatic rings. The van der Waals surface area contributed by atoms with E-state index in [0.29, 0.717) is 23.4 Å². The summed E-state index contributed by atoms with van der Waals surface area (Å²) in [5.41, 5.74) is 0.397. The molecule has 2 rings (SSSR count). The molecule has 13 heteroatoms. The van der Waals surface area contributed by atoms with Crippen LogP contribution < -0.4 is 10.5 Å². The van der Waals surface area contributed by atoms with Crippen LogP contribution in [0.2, 0.25) is 0 Å². The van der Waals surface area contributed by atoms with Crippen LogP contribution in [0, 0.1) is 0 Å². The highest BCUT2D eigenvalue weighted by atomic mass is 32.3. The number of sulfone groups is 1. The van der Waals surface area contributed by atoms with Gasteiger partial charge in [-0.05, 0) is 25.5 Å². The van der Waals surface area contributed by atoms with Crippen LogP contribution in [0.1, 0.15) is 31.4 Å². The normalized spacial score (nSPS) is 23.4. The zero-order chi connectivity index (χ0) is 18.1. The number of rotatable bonds is 7. The highest BCUT2D eigenvalue weighted by Gasteiger charge is 2.41. The molecule has 138 valence electrons. The van der Waals surface area contributed by atoms with Gasteiger partial charge in [0.15, 0.2) is 9.84 Å². The van der Waals surface area contributed by atoms with Crippen molar-refractivity contribution in [3.63, 3.8) is 0 Å². The molecule has 0 aliphatic carbocycles. The molecule has 2 heterocycles. The Morgan fingerprint density at radius 2 is 2.17 bits per heavy atom. The fourth-order valence-corrected chi connectivity index (χ4v) is 7.30. The molecule has 0 saturated heterocycles. The third kappa shape index (κ3) is 4.12. The summed E-state index contributed by atoms with van der Waals surface area (Å²) >= 11 is 0.631. The molecular weight excluding hydrogens is 382 g/mol. The van der Waals surface area contributed by atoms with Gasteiger partial charge in [-0.15, -0.1) is 11.3 Å². The number of hydrogen-bond donors (Lipinski definition) is 4. The minimum atomic E-state index is -4.00. The molecule has 0 fully saturated rings. The van der Waals surface area contributed by atoms with Crippen LogP contribution in [0.4, 0.5) is 0 Å². The van der Waals surface area contributed by atoms with Gasteiger partial charge in [-0.25, -0.2) is 22.0 Å². The molecule has 10 nitrogen and oxygen atoms in total. The maximum absolute atomic E-state index is 12.7. The average Bonchev–Trinajstić information content (AvgIpc) is 2.90. The van der Waals surface area contributed by atoms with Crippen LogP contribution in [0.3, 0.4) is 0 Å². The van der Waals surface area contributed by atoms with Crippen LogP contribution in [0.25, 0.3) is 0 Å². The van der Waals surface area contributed by atoms with E-state index in [1.807, 2.05) is 6.92 Å². The lowest BCUT2D eigenvalue weighted by Gasteiger charge is -2.29. The molecule has 0 spiro atoms. The van der Waals surface area contributed by atoms with Gasteiger partial charge in [-0.1, -0.05) is 6.92 Å². The molecule has 0 radical (unpaired) electrons. The van der Waals surface area contributed by atoms with Crippen LogP contribution in [-0.4, -0.2) is 51.0 Å². The van der Waals surface area contributed by atoms with Crippen LogP contribution in [0.5, 0.6) is 0 Å². The van der Waals surface area contributed by atoms with Crippen molar-refractivity contribution in [2.45, 2.75) is 39.5 Å². The second-order valence-electron chi connectivity index (χ2n) is 5.24. The topological polar surface area (TPSA) is 159 Å². The number of nitrogens with one attached hydrogen (secondary N) is 1. The van der Waals surface area contributed by atoms with Gasteiger partial charge in [-0.2, -0.15) is 0 Å². The SMILES string of the molecule is CCNC1CC(CCON(O)O)S(=O)(=O)c2sc(S(N)(=O)=O)cc21. The minimum absolute atomic E-state index is 0.0178. The first-order chi connectivity index (χ1) is 11.1. The van der Waals surface area contributed by atoms with Crippen molar-refractivity contribution in [1.82, 2.24) is 10.7 Å². The minimum Gasteiger partial charge on any atom is -0.310 e. The average molecular weight is 401 g/mol. The number of sulfonamides is 1. The van der Waals surface area contributed by atoms with E-state index in [2.05, 4.69) is 10.2 Å². The smallest absolute Gasteiger partial charge is 0.247 e. The third-order valence-corrected chi connectivity index (χ3v) is 9.02. The first-order valence-corrected chi connectivity index (χ1v) is 10.9. The molecule has 0 amide bonds. The highest BCUT2D eigenvalue weighted by Crippen LogP contribution is 2.43. The van der Waals surface area contributed by atoms with Crippen LogP contribution in [-0.2, 0) is 24.7 Å².